The SMILES string of the molecule is CC[C@H](C)[C@H](NC(N)=O)C(=O)Nc1ccc(Sc2cc(C)ccc2C)cc1. The van der Waals surface area contributed by atoms with Crippen LogP contribution in [0.4, 0.5) is 10.5 Å². The molecule has 0 fully saturated rings. The normalized spacial score (nSPS) is 12.9. The summed E-state index contributed by atoms with van der Waals surface area (Å²) in [4.78, 5) is 26.0. The van der Waals surface area contributed by atoms with Crippen LogP contribution in [0.25, 0.3) is 0 Å². The Morgan fingerprint density at radius 2 is 1.78 bits per heavy atom. The Hall–Kier alpha value is -2.47. The summed E-state index contributed by atoms with van der Waals surface area (Å²) in [6.07, 6.45) is 0.754. The molecule has 0 saturated carbocycles. The molecule has 144 valence electrons. The molecule has 4 N–H and O–H groups in total. The summed E-state index contributed by atoms with van der Waals surface area (Å²) in [6.45, 7) is 8.05. The molecule has 0 aliphatic carbocycles. The summed E-state index contributed by atoms with van der Waals surface area (Å²) >= 11 is 1.69. The Kier molecular flexibility index (Phi) is 7.30. The van der Waals surface area contributed by atoms with Crippen LogP contribution in [0.5, 0.6) is 0 Å². The third-order valence-corrected chi connectivity index (χ3v) is 5.65. The summed E-state index contributed by atoms with van der Waals surface area (Å²) in [7, 11) is 0. The fourth-order valence-electron chi connectivity index (χ4n) is 2.63. The van der Waals surface area contributed by atoms with Crippen molar-refractivity contribution in [2.75, 3.05) is 5.32 Å². The number of carbonyl (C=O) groups is 2. The molecule has 27 heavy (non-hydrogen) atoms. The number of hydrogen-bond donors (Lipinski definition) is 3. The molecular weight excluding hydrogens is 358 g/mol. The predicted octanol–water partition coefficient (Wildman–Crippen LogP) is 4.48. The van der Waals surface area contributed by atoms with Crippen molar-refractivity contribution in [3.05, 3.63) is 53.6 Å². The zero-order chi connectivity index (χ0) is 20.0. The number of rotatable bonds is 7. The van der Waals surface area contributed by atoms with Crippen molar-refractivity contribution in [3.63, 3.8) is 0 Å². The van der Waals surface area contributed by atoms with Crippen LogP contribution in [-0.4, -0.2) is 18.0 Å². The molecular formula is C21H27N3O2S. The first-order valence-corrected chi connectivity index (χ1v) is 9.83. The molecule has 0 saturated heterocycles. The highest BCUT2D eigenvalue weighted by Crippen LogP contribution is 2.31. The van der Waals surface area contributed by atoms with Crippen LogP contribution in [0.2, 0.25) is 0 Å². The lowest BCUT2D eigenvalue weighted by molar-refractivity contribution is -0.119. The lowest BCUT2D eigenvalue weighted by Crippen LogP contribution is -2.49. The van der Waals surface area contributed by atoms with Gasteiger partial charge in [0.25, 0.3) is 0 Å². The van der Waals surface area contributed by atoms with Gasteiger partial charge >= 0.3 is 6.03 Å². The molecule has 0 heterocycles. The second-order valence-corrected chi connectivity index (χ2v) is 7.87. The van der Waals surface area contributed by atoms with Crippen LogP contribution < -0.4 is 16.4 Å². The molecule has 3 amide bonds. The minimum Gasteiger partial charge on any atom is -0.352 e. The number of benzene rings is 2. The van der Waals surface area contributed by atoms with Gasteiger partial charge in [-0.05, 0) is 61.2 Å². The molecule has 0 aliphatic heterocycles. The van der Waals surface area contributed by atoms with Crippen molar-refractivity contribution in [1.29, 1.82) is 0 Å². The van der Waals surface area contributed by atoms with Crippen LogP contribution in [0.3, 0.4) is 0 Å². The molecule has 0 unspecified atom stereocenters. The van der Waals surface area contributed by atoms with E-state index in [1.165, 1.54) is 16.0 Å². The van der Waals surface area contributed by atoms with Crippen molar-refractivity contribution < 1.29 is 9.59 Å². The number of primary amides is 1. The fourth-order valence-corrected chi connectivity index (χ4v) is 3.63. The van der Waals surface area contributed by atoms with E-state index >= 15 is 0 Å². The highest BCUT2D eigenvalue weighted by molar-refractivity contribution is 7.99. The summed E-state index contributed by atoms with van der Waals surface area (Å²) in [6, 6.07) is 12.7. The lowest BCUT2D eigenvalue weighted by atomic mass is 9.98. The minimum atomic E-state index is -0.698. The first-order chi connectivity index (χ1) is 12.8. The monoisotopic (exact) mass is 385 g/mol. The average Bonchev–Trinajstić information content (AvgIpc) is 2.63. The second kappa shape index (κ2) is 9.46. The molecule has 5 nitrogen and oxygen atoms in total. The zero-order valence-corrected chi connectivity index (χ0v) is 17.0. The van der Waals surface area contributed by atoms with Crippen LogP contribution >= 0.6 is 11.8 Å². The highest BCUT2D eigenvalue weighted by Gasteiger charge is 2.25. The van der Waals surface area contributed by atoms with E-state index in [1.54, 1.807) is 11.8 Å². The van der Waals surface area contributed by atoms with Crippen LogP contribution in [0, 0.1) is 19.8 Å². The van der Waals surface area contributed by atoms with Gasteiger partial charge in [0.15, 0.2) is 0 Å². The van der Waals surface area contributed by atoms with E-state index in [9.17, 15) is 9.59 Å². The minimum absolute atomic E-state index is 0.0170. The van der Waals surface area contributed by atoms with Gasteiger partial charge < -0.3 is 16.4 Å². The van der Waals surface area contributed by atoms with E-state index in [1.807, 2.05) is 38.1 Å². The Balaban J connectivity index is 2.06. The van der Waals surface area contributed by atoms with E-state index in [2.05, 4.69) is 42.7 Å². The first kappa shape index (κ1) is 20.8. The Labute approximate surface area is 165 Å². The van der Waals surface area contributed by atoms with Crippen molar-refractivity contribution in [1.82, 2.24) is 5.32 Å². The largest absolute Gasteiger partial charge is 0.352 e. The number of carbonyl (C=O) groups excluding carboxylic acids is 2. The van der Waals surface area contributed by atoms with Gasteiger partial charge in [0, 0.05) is 15.5 Å². The lowest BCUT2D eigenvalue weighted by Gasteiger charge is -2.22. The smallest absolute Gasteiger partial charge is 0.312 e. The van der Waals surface area contributed by atoms with Gasteiger partial charge in [-0.3, -0.25) is 4.79 Å². The van der Waals surface area contributed by atoms with E-state index in [-0.39, 0.29) is 11.8 Å². The topological polar surface area (TPSA) is 84.2 Å². The molecule has 6 heteroatoms. The summed E-state index contributed by atoms with van der Waals surface area (Å²) in [5.74, 6) is -0.283. The number of nitrogens with one attached hydrogen (secondary N) is 2. The van der Waals surface area contributed by atoms with Crippen molar-refractivity contribution >= 4 is 29.4 Å². The second-order valence-electron chi connectivity index (χ2n) is 6.76. The van der Waals surface area contributed by atoms with E-state index in [0.29, 0.717) is 5.69 Å². The molecule has 0 bridgehead atoms. The maximum atomic E-state index is 12.5. The van der Waals surface area contributed by atoms with E-state index in [4.69, 9.17) is 5.73 Å². The number of urea groups is 1. The van der Waals surface area contributed by atoms with Gasteiger partial charge in [-0.1, -0.05) is 44.2 Å². The average molecular weight is 386 g/mol. The highest BCUT2D eigenvalue weighted by atomic mass is 32.2. The number of amides is 3. The zero-order valence-electron chi connectivity index (χ0n) is 16.2. The summed E-state index contributed by atoms with van der Waals surface area (Å²) in [5, 5.41) is 5.38. The van der Waals surface area contributed by atoms with Gasteiger partial charge in [0.2, 0.25) is 5.91 Å². The standard InChI is InChI=1S/C21H27N3O2S/c1-5-14(3)19(24-21(22)26)20(25)23-16-8-10-17(11-9-16)27-18-12-13(2)6-7-15(18)4/h6-12,14,19H,5H2,1-4H3,(H,23,25)(H3,22,24,26)/t14-,19-/m0/s1. The molecule has 0 radical (unpaired) electrons. The maximum absolute atomic E-state index is 12.5. The maximum Gasteiger partial charge on any atom is 0.312 e. The quantitative estimate of drug-likeness (QED) is 0.657. The van der Waals surface area contributed by atoms with E-state index in [0.717, 1.165) is 11.3 Å². The van der Waals surface area contributed by atoms with Gasteiger partial charge in [0.05, 0.1) is 0 Å². The molecule has 2 aromatic carbocycles. The molecule has 2 atom stereocenters. The van der Waals surface area contributed by atoms with Crippen molar-refractivity contribution in [3.8, 4) is 0 Å². The van der Waals surface area contributed by atoms with Gasteiger partial charge in [-0.2, -0.15) is 0 Å². The molecule has 0 aromatic heterocycles. The van der Waals surface area contributed by atoms with Crippen LogP contribution in [-0.2, 0) is 4.79 Å². The van der Waals surface area contributed by atoms with Crippen molar-refractivity contribution in [2.24, 2.45) is 11.7 Å². The van der Waals surface area contributed by atoms with Crippen molar-refractivity contribution in [2.45, 2.75) is 49.9 Å². The molecule has 0 spiro atoms. The first-order valence-electron chi connectivity index (χ1n) is 9.02. The van der Waals surface area contributed by atoms with Gasteiger partial charge in [-0.25, -0.2) is 4.79 Å². The predicted molar refractivity (Wildman–Crippen MR) is 111 cm³/mol. The Morgan fingerprint density at radius 1 is 1.11 bits per heavy atom. The fraction of sp³-hybridized carbons (Fsp3) is 0.333. The number of anilines is 1. The summed E-state index contributed by atoms with van der Waals surface area (Å²) in [5.41, 5.74) is 8.35. The number of hydrogen-bond acceptors (Lipinski definition) is 3. The van der Waals surface area contributed by atoms with Gasteiger partial charge in [-0.15, -0.1) is 0 Å². The molecule has 0 aliphatic rings. The van der Waals surface area contributed by atoms with Crippen LogP contribution in [0.15, 0.2) is 52.3 Å². The van der Waals surface area contributed by atoms with E-state index < -0.39 is 12.1 Å². The summed E-state index contributed by atoms with van der Waals surface area (Å²) < 4.78 is 0. The number of aryl methyl sites for hydroxylation is 2. The third kappa shape index (κ3) is 6.03. The molecule has 2 aromatic rings. The van der Waals surface area contributed by atoms with Crippen LogP contribution in [0.1, 0.15) is 31.4 Å². The Morgan fingerprint density at radius 3 is 2.37 bits per heavy atom. The third-order valence-electron chi connectivity index (χ3n) is 4.49. The van der Waals surface area contributed by atoms with Gasteiger partial charge in [0.1, 0.15) is 6.04 Å². The number of nitrogens with two attached hydrogens (primary N) is 1. The molecule has 2 rings (SSSR count). The Bertz CT molecular complexity index is 806.